The second kappa shape index (κ2) is 12.2. The van der Waals surface area contributed by atoms with Crippen LogP contribution in [-0.2, 0) is 16.0 Å². The molecule has 1 aliphatic carbocycles. The second-order valence-electron chi connectivity index (χ2n) is 8.72. The number of hydrogen-bond donors (Lipinski definition) is 4. The molecule has 1 saturated carbocycles. The number of nitriles is 1. The average Bonchev–Trinajstić information content (AvgIpc) is 3.38. The van der Waals surface area contributed by atoms with Gasteiger partial charge in [0.15, 0.2) is 0 Å². The van der Waals surface area contributed by atoms with Crippen molar-refractivity contribution < 1.29 is 42.1 Å². The highest BCUT2D eigenvalue weighted by atomic mass is 19.4. The molecule has 0 saturated heterocycles. The van der Waals surface area contributed by atoms with Gasteiger partial charge in [-0.05, 0) is 49.9 Å². The number of aromatic amines is 1. The van der Waals surface area contributed by atoms with Crippen molar-refractivity contribution in [2.24, 2.45) is 5.41 Å². The number of carbonyl (C=O) groups is 2. The first kappa shape index (κ1) is 28.9. The maximum Gasteiger partial charge on any atom is 0.490 e. The van der Waals surface area contributed by atoms with Crippen LogP contribution in [0.2, 0.25) is 0 Å². The van der Waals surface area contributed by atoms with Gasteiger partial charge in [-0.15, -0.1) is 0 Å². The molecule has 4 rings (SSSR count). The van der Waals surface area contributed by atoms with Gasteiger partial charge in [0, 0.05) is 18.2 Å². The highest BCUT2D eigenvalue weighted by molar-refractivity contribution is 5.75. The SMILES string of the molecule is N#Cc1c(F)cccc1OC1CCC(Cc2cccc(Nc3ccn[nH]3)n2)(C(=O)O)CC1.O=C(O)C(F)(F)F. The zero-order valence-electron chi connectivity index (χ0n) is 20.2. The summed E-state index contributed by atoms with van der Waals surface area (Å²) in [5.74, 6) is -2.77. The Kier molecular flexibility index (Phi) is 9.08. The number of carboxylic acids is 2. The maximum absolute atomic E-state index is 13.8. The topological polar surface area (TPSA) is 161 Å². The van der Waals surface area contributed by atoms with E-state index in [2.05, 4.69) is 20.5 Å². The van der Waals surface area contributed by atoms with E-state index >= 15 is 0 Å². The Hall–Kier alpha value is -4.67. The minimum Gasteiger partial charge on any atom is -0.489 e. The first-order chi connectivity index (χ1) is 18.4. The molecule has 39 heavy (non-hydrogen) atoms. The smallest absolute Gasteiger partial charge is 0.489 e. The van der Waals surface area contributed by atoms with Crippen molar-refractivity contribution in [1.82, 2.24) is 15.2 Å². The Labute approximate surface area is 219 Å². The van der Waals surface area contributed by atoms with Crippen molar-refractivity contribution >= 4 is 23.6 Å². The van der Waals surface area contributed by atoms with E-state index in [0.29, 0.717) is 43.0 Å². The van der Waals surface area contributed by atoms with Gasteiger partial charge in [0.2, 0.25) is 0 Å². The van der Waals surface area contributed by atoms with Gasteiger partial charge in [0.1, 0.15) is 34.8 Å². The monoisotopic (exact) mass is 549 g/mol. The van der Waals surface area contributed by atoms with Crippen LogP contribution in [0, 0.1) is 22.6 Å². The second-order valence-corrected chi connectivity index (χ2v) is 8.72. The first-order valence-electron chi connectivity index (χ1n) is 11.5. The molecular weight excluding hydrogens is 526 g/mol. The summed E-state index contributed by atoms with van der Waals surface area (Å²) in [5, 5.41) is 36.1. The van der Waals surface area contributed by atoms with E-state index in [1.165, 1.54) is 12.1 Å². The van der Waals surface area contributed by atoms with Crippen molar-refractivity contribution in [2.75, 3.05) is 5.32 Å². The van der Waals surface area contributed by atoms with Crippen molar-refractivity contribution in [3.05, 3.63) is 65.7 Å². The van der Waals surface area contributed by atoms with Crippen molar-refractivity contribution in [1.29, 1.82) is 5.26 Å². The van der Waals surface area contributed by atoms with Crippen molar-refractivity contribution in [3.8, 4) is 11.8 Å². The molecule has 0 aliphatic heterocycles. The standard InChI is InChI=1S/C23H22FN5O3.C2HF3O2/c24-18-4-2-5-19(17(18)14-25)32-16-7-10-23(11-8-16,22(30)31)13-15-3-1-6-20(27-15)28-21-9-12-26-29-21;3-2(4,5)1(6)7/h1-6,9,12,16H,7-8,10-11,13H2,(H,30,31)(H2,26,27,28,29);(H,6,7). The van der Waals surface area contributed by atoms with Crippen LogP contribution < -0.4 is 10.1 Å². The Morgan fingerprint density at radius 2 is 1.82 bits per heavy atom. The molecule has 2 aromatic heterocycles. The fraction of sp³-hybridized carbons (Fsp3) is 0.320. The van der Waals surface area contributed by atoms with E-state index in [1.54, 1.807) is 24.4 Å². The van der Waals surface area contributed by atoms with E-state index in [-0.39, 0.29) is 23.8 Å². The van der Waals surface area contributed by atoms with Gasteiger partial charge in [-0.3, -0.25) is 9.89 Å². The van der Waals surface area contributed by atoms with Gasteiger partial charge in [-0.25, -0.2) is 14.2 Å². The van der Waals surface area contributed by atoms with Gasteiger partial charge >= 0.3 is 18.1 Å². The molecule has 3 aromatic rings. The number of benzene rings is 1. The quantitative estimate of drug-likeness (QED) is 0.303. The molecule has 10 nitrogen and oxygen atoms in total. The zero-order valence-corrected chi connectivity index (χ0v) is 20.2. The Bertz CT molecular complexity index is 1330. The van der Waals surface area contributed by atoms with Crippen molar-refractivity contribution in [2.45, 2.75) is 44.4 Å². The number of halogens is 4. The summed E-state index contributed by atoms with van der Waals surface area (Å²) in [6, 6.07) is 13.3. The van der Waals surface area contributed by atoms with E-state index in [9.17, 15) is 32.7 Å². The Morgan fingerprint density at radius 1 is 1.15 bits per heavy atom. The number of rotatable bonds is 7. The molecule has 0 bridgehead atoms. The maximum atomic E-state index is 13.8. The van der Waals surface area contributed by atoms with Crippen LogP contribution in [0.1, 0.15) is 36.9 Å². The molecule has 0 amide bonds. The lowest BCUT2D eigenvalue weighted by molar-refractivity contribution is -0.192. The number of nitrogens with one attached hydrogen (secondary N) is 2. The summed E-state index contributed by atoms with van der Waals surface area (Å²) < 4.78 is 51.4. The van der Waals surface area contributed by atoms with Crippen LogP contribution in [0.3, 0.4) is 0 Å². The molecule has 206 valence electrons. The fourth-order valence-electron chi connectivity index (χ4n) is 4.08. The summed E-state index contributed by atoms with van der Waals surface area (Å²) in [6.45, 7) is 0. The van der Waals surface area contributed by atoms with Crippen molar-refractivity contribution in [3.63, 3.8) is 0 Å². The average molecular weight is 549 g/mol. The molecule has 1 fully saturated rings. The Morgan fingerprint density at radius 3 is 2.38 bits per heavy atom. The van der Waals surface area contributed by atoms with Gasteiger partial charge in [0.05, 0.1) is 17.7 Å². The molecule has 1 aliphatic rings. The molecule has 2 heterocycles. The molecule has 1 aromatic carbocycles. The van der Waals surface area contributed by atoms with Crippen LogP contribution in [0.4, 0.5) is 29.2 Å². The van der Waals surface area contributed by atoms with Crippen LogP contribution in [0.15, 0.2) is 48.7 Å². The van der Waals surface area contributed by atoms with Gasteiger partial charge < -0.3 is 20.3 Å². The minimum atomic E-state index is -5.08. The summed E-state index contributed by atoms with van der Waals surface area (Å²) in [6.07, 6.45) is -1.70. The first-order valence-corrected chi connectivity index (χ1v) is 11.5. The summed E-state index contributed by atoms with van der Waals surface area (Å²) >= 11 is 0. The third-order valence-corrected chi connectivity index (χ3v) is 6.06. The van der Waals surface area contributed by atoms with Gasteiger partial charge in [-0.2, -0.15) is 23.5 Å². The number of carboxylic acid groups (broad SMARTS) is 2. The van der Waals surface area contributed by atoms with Crippen LogP contribution in [-0.4, -0.2) is 49.6 Å². The summed E-state index contributed by atoms with van der Waals surface area (Å²) in [4.78, 5) is 25.7. The summed E-state index contributed by atoms with van der Waals surface area (Å²) in [5.41, 5.74) is -0.416. The lowest BCUT2D eigenvalue weighted by atomic mass is 9.70. The van der Waals surface area contributed by atoms with E-state index in [4.69, 9.17) is 14.6 Å². The van der Waals surface area contributed by atoms with E-state index in [0.717, 1.165) is 0 Å². The molecule has 0 radical (unpaired) electrons. The molecular formula is C25H23F4N5O5. The number of pyridine rings is 1. The Balaban J connectivity index is 0.000000532. The molecule has 14 heteroatoms. The van der Waals surface area contributed by atoms with Crippen LogP contribution in [0.25, 0.3) is 0 Å². The van der Waals surface area contributed by atoms with Crippen LogP contribution >= 0.6 is 0 Å². The largest absolute Gasteiger partial charge is 0.490 e. The number of H-pyrrole nitrogens is 1. The number of ether oxygens (including phenoxy) is 1. The molecule has 0 spiro atoms. The van der Waals surface area contributed by atoms with Crippen LogP contribution in [0.5, 0.6) is 5.75 Å². The predicted molar refractivity (Wildman–Crippen MR) is 128 cm³/mol. The third kappa shape index (κ3) is 7.67. The number of aromatic nitrogens is 3. The number of nitrogens with zero attached hydrogens (tertiary/aromatic N) is 3. The number of anilines is 2. The molecule has 0 unspecified atom stereocenters. The third-order valence-electron chi connectivity index (χ3n) is 6.06. The normalized spacial score (nSPS) is 18.7. The minimum absolute atomic E-state index is 0.131. The number of alkyl halides is 3. The highest BCUT2D eigenvalue weighted by Crippen LogP contribution is 2.41. The van der Waals surface area contributed by atoms with E-state index < -0.39 is 29.3 Å². The number of hydrogen-bond acceptors (Lipinski definition) is 7. The number of aliphatic carboxylic acids is 2. The molecule has 0 atom stereocenters. The predicted octanol–water partition coefficient (Wildman–Crippen LogP) is 4.83. The van der Waals surface area contributed by atoms with Gasteiger partial charge in [-0.1, -0.05) is 12.1 Å². The zero-order chi connectivity index (χ0) is 28.6. The lowest BCUT2D eigenvalue weighted by Crippen LogP contribution is -2.40. The fourth-order valence-corrected chi connectivity index (χ4v) is 4.08. The molecule has 4 N–H and O–H groups in total. The lowest BCUT2D eigenvalue weighted by Gasteiger charge is -2.36. The highest BCUT2D eigenvalue weighted by Gasteiger charge is 2.43. The van der Waals surface area contributed by atoms with Gasteiger partial charge in [0.25, 0.3) is 0 Å². The summed E-state index contributed by atoms with van der Waals surface area (Å²) in [7, 11) is 0. The van der Waals surface area contributed by atoms with E-state index in [1.807, 2.05) is 18.2 Å².